The molecule has 0 aromatic heterocycles. The van der Waals surface area contributed by atoms with Crippen molar-refractivity contribution in [3.05, 3.63) is 53.6 Å². The number of para-hydroxylation sites is 1. The Morgan fingerprint density at radius 1 is 1.08 bits per heavy atom. The molecule has 0 heterocycles. The molecule has 0 atom stereocenters. The van der Waals surface area contributed by atoms with E-state index in [4.69, 9.17) is 15.2 Å². The Balaban J connectivity index is 0.00000288. The second-order valence-electron chi connectivity index (χ2n) is 5.15. The minimum atomic E-state index is -0.0295. The number of nitrogens with two attached hydrogens (primary N) is 1. The van der Waals surface area contributed by atoms with E-state index in [1.807, 2.05) is 42.5 Å². The van der Waals surface area contributed by atoms with Crippen LogP contribution >= 0.6 is 12.4 Å². The molecule has 0 spiro atoms. The minimum absolute atomic E-state index is 0. The lowest BCUT2D eigenvalue weighted by atomic mass is 10.1. The van der Waals surface area contributed by atoms with Crippen molar-refractivity contribution in [3.8, 4) is 11.5 Å². The number of anilines is 1. The molecule has 0 radical (unpaired) electrons. The van der Waals surface area contributed by atoms with E-state index in [1.54, 1.807) is 14.2 Å². The number of hydrogen-bond donors (Lipinski definition) is 2. The third-order valence-corrected chi connectivity index (χ3v) is 3.64. The van der Waals surface area contributed by atoms with E-state index < -0.39 is 0 Å². The van der Waals surface area contributed by atoms with E-state index in [2.05, 4.69) is 5.32 Å². The second kappa shape index (κ2) is 9.67. The second-order valence-corrected chi connectivity index (χ2v) is 5.15. The monoisotopic (exact) mass is 350 g/mol. The molecular weight excluding hydrogens is 328 g/mol. The third kappa shape index (κ3) is 5.35. The van der Waals surface area contributed by atoms with E-state index in [1.165, 1.54) is 0 Å². The first kappa shape index (κ1) is 19.6. The number of nitrogen functional groups attached to an aromatic ring is 1. The Bertz CT molecular complexity index is 677. The van der Waals surface area contributed by atoms with Crippen molar-refractivity contribution in [1.82, 2.24) is 5.32 Å². The maximum Gasteiger partial charge on any atom is 0.220 e. The van der Waals surface area contributed by atoms with Gasteiger partial charge in [-0.05, 0) is 36.2 Å². The summed E-state index contributed by atoms with van der Waals surface area (Å²) in [7, 11) is 3.21. The van der Waals surface area contributed by atoms with Crippen LogP contribution in [0.25, 0.3) is 0 Å². The summed E-state index contributed by atoms with van der Waals surface area (Å²) in [6.45, 7) is 0.392. The Kier molecular flexibility index (Phi) is 7.92. The van der Waals surface area contributed by atoms with Crippen LogP contribution in [-0.4, -0.2) is 20.1 Å². The summed E-state index contributed by atoms with van der Waals surface area (Å²) in [5.41, 5.74) is 8.46. The zero-order valence-electron chi connectivity index (χ0n) is 13.9. The number of methoxy groups -OCH3 is 2. The van der Waals surface area contributed by atoms with Crippen molar-refractivity contribution < 1.29 is 14.3 Å². The highest BCUT2D eigenvalue weighted by molar-refractivity contribution is 5.85. The number of rotatable bonds is 7. The molecule has 0 aliphatic rings. The van der Waals surface area contributed by atoms with E-state index in [9.17, 15) is 4.79 Å². The van der Waals surface area contributed by atoms with Crippen molar-refractivity contribution in [3.63, 3.8) is 0 Å². The van der Waals surface area contributed by atoms with Crippen molar-refractivity contribution in [2.45, 2.75) is 19.4 Å². The van der Waals surface area contributed by atoms with Crippen LogP contribution in [0, 0.1) is 0 Å². The van der Waals surface area contributed by atoms with Gasteiger partial charge in [0.2, 0.25) is 5.91 Å². The van der Waals surface area contributed by atoms with Gasteiger partial charge in [0.15, 0.2) is 0 Å². The van der Waals surface area contributed by atoms with Gasteiger partial charge in [-0.1, -0.05) is 18.2 Å². The van der Waals surface area contributed by atoms with Gasteiger partial charge < -0.3 is 20.5 Å². The predicted octanol–water partition coefficient (Wildman–Crippen LogP) is 2.96. The van der Waals surface area contributed by atoms with E-state index in [0.29, 0.717) is 19.4 Å². The zero-order valence-corrected chi connectivity index (χ0v) is 14.7. The van der Waals surface area contributed by atoms with Crippen molar-refractivity contribution in [1.29, 1.82) is 0 Å². The van der Waals surface area contributed by atoms with Gasteiger partial charge in [0.05, 0.1) is 14.2 Å². The summed E-state index contributed by atoms with van der Waals surface area (Å²) >= 11 is 0. The number of benzene rings is 2. The first-order valence-corrected chi connectivity index (χ1v) is 7.45. The SMILES string of the molecule is COc1ccc(OC)c(CNC(=O)CCc2ccccc2N)c1.Cl. The van der Waals surface area contributed by atoms with Crippen LogP contribution in [0.3, 0.4) is 0 Å². The number of carbonyl (C=O) groups is 1. The van der Waals surface area contributed by atoms with Crippen LogP contribution in [0.15, 0.2) is 42.5 Å². The quantitative estimate of drug-likeness (QED) is 0.753. The fourth-order valence-electron chi connectivity index (χ4n) is 2.31. The lowest BCUT2D eigenvalue weighted by Gasteiger charge is -2.11. The van der Waals surface area contributed by atoms with Crippen LogP contribution in [0.2, 0.25) is 0 Å². The van der Waals surface area contributed by atoms with E-state index in [0.717, 1.165) is 28.3 Å². The summed E-state index contributed by atoms with van der Waals surface area (Å²) in [6.07, 6.45) is 1.01. The molecule has 0 unspecified atom stereocenters. The summed E-state index contributed by atoms with van der Waals surface area (Å²) < 4.78 is 10.5. The smallest absolute Gasteiger partial charge is 0.220 e. The number of hydrogen-bond acceptors (Lipinski definition) is 4. The predicted molar refractivity (Wildman–Crippen MR) is 97.8 cm³/mol. The van der Waals surface area contributed by atoms with Gasteiger partial charge in [0.25, 0.3) is 0 Å². The van der Waals surface area contributed by atoms with Crippen molar-refractivity contribution in [2.75, 3.05) is 20.0 Å². The van der Waals surface area contributed by atoms with Gasteiger partial charge in [-0.15, -0.1) is 12.4 Å². The van der Waals surface area contributed by atoms with Crippen LogP contribution in [-0.2, 0) is 17.8 Å². The molecule has 0 fully saturated rings. The van der Waals surface area contributed by atoms with Gasteiger partial charge in [-0.25, -0.2) is 0 Å². The third-order valence-electron chi connectivity index (χ3n) is 3.64. The van der Waals surface area contributed by atoms with Gasteiger partial charge in [-0.3, -0.25) is 4.79 Å². The number of carbonyl (C=O) groups excluding carboxylic acids is 1. The lowest BCUT2D eigenvalue weighted by Crippen LogP contribution is -2.23. The first-order chi connectivity index (χ1) is 11.1. The molecule has 2 rings (SSSR count). The average molecular weight is 351 g/mol. The first-order valence-electron chi connectivity index (χ1n) is 7.45. The molecule has 0 saturated carbocycles. The zero-order chi connectivity index (χ0) is 16.7. The topological polar surface area (TPSA) is 73.6 Å². The molecule has 3 N–H and O–H groups in total. The molecule has 2 aromatic rings. The van der Waals surface area contributed by atoms with Crippen molar-refractivity contribution in [2.24, 2.45) is 0 Å². The number of ether oxygens (including phenoxy) is 2. The molecule has 0 saturated heterocycles. The Morgan fingerprint density at radius 2 is 1.83 bits per heavy atom. The Hall–Kier alpha value is -2.40. The van der Waals surface area contributed by atoms with Gasteiger partial charge in [-0.2, -0.15) is 0 Å². The van der Waals surface area contributed by atoms with Crippen LogP contribution in [0.5, 0.6) is 11.5 Å². The molecule has 5 nitrogen and oxygen atoms in total. The standard InChI is InChI=1S/C18H22N2O3.ClH/c1-22-15-8-9-17(23-2)14(11-15)12-20-18(21)10-7-13-5-3-4-6-16(13)19;/h3-6,8-9,11H,7,10,12,19H2,1-2H3,(H,20,21);1H. The molecule has 0 aliphatic heterocycles. The number of aryl methyl sites for hydroxylation is 1. The molecule has 2 aromatic carbocycles. The van der Waals surface area contributed by atoms with Gasteiger partial charge in [0.1, 0.15) is 11.5 Å². The summed E-state index contributed by atoms with van der Waals surface area (Å²) in [5, 5.41) is 2.90. The molecule has 0 bridgehead atoms. The Morgan fingerprint density at radius 3 is 2.50 bits per heavy atom. The average Bonchev–Trinajstić information content (AvgIpc) is 2.58. The molecule has 6 heteroatoms. The maximum atomic E-state index is 12.0. The lowest BCUT2D eigenvalue weighted by molar-refractivity contribution is -0.121. The van der Waals surface area contributed by atoms with E-state index in [-0.39, 0.29) is 18.3 Å². The van der Waals surface area contributed by atoms with Crippen molar-refractivity contribution >= 4 is 24.0 Å². The molecule has 130 valence electrons. The summed E-state index contributed by atoms with van der Waals surface area (Å²) in [4.78, 5) is 12.0. The van der Waals surface area contributed by atoms with E-state index >= 15 is 0 Å². The molecule has 1 amide bonds. The fourth-order valence-corrected chi connectivity index (χ4v) is 2.31. The molecule has 24 heavy (non-hydrogen) atoms. The van der Waals surface area contributed by atoms with Crippen LogP contribution in [0.4, 0.5) is 5.69 Å². The van der Waals surface area contributed by atoms with Gasteiger partial charge >= 0.3 is 0 Å². The summed E-state index contributed by atoms with van der Waals surface area (Å²) in [5.74, 6) is 1.42. The number of amides is 1. The molecular formula is C18H23ClN2O3. The highest BCUT2D eigenvalue weighted by Gasteiger charge is 2.08. The maximum absolute atomic E-state index is 12.0. The van der Waals surface area contributed by atoms with Crippen LogP contribution < -0.4 is 20.5 Å². The highest BCUT2D eigenvalue weighted by atomic mass is 35.5. The normalized spacial score (nSPS) is 9.75. The van der Waals surface area contributed by atoms with Gasteiger partial charge in [0, 0.05) is 24.2 Å². The van der Waals surface area contributed by atoms with Crippen LogP contribution in [0.1, 0.15) is 17.5 Å². The molecule has 0 aliphatic carbocycles. The number of nitrogens with one attached hydrogen (secondary N) is 1. The summed E-state index contributed by atoms with van der Waals surface area (Å²) in [6, 6.07) is 13.1. The number of halogens is 1. The highest BCUT2D eigenvalue weighted by Crippen LogP contribution is 2.23. The minimum Gasteiger partial charge on any atom is -0.497 e. The Labute approximate surface area is 148 Å². The fraction of sp³-hybridized carbons (Fsp3) is 0.278. The largest absolute Gasteiger partial charge is 0.497 e.